The average Bonchev–Trinajstić information content (AvgIpc) is 2.60. The van der Waals surface area contributed by atoms with Crippen LogP contribution in [0.15, 0.2) is 18.2 Å². The summed E-state index contributed by atoms with van der Waals surface area (Å²) in [5, 5.41) is 3.62. The number of likely N-dealkylation sites (tertiary alicyclic amines) is 1. The summed E-state index contributed by atoms with van der Waals surface area (Å²) in [5.74, 6) is -0.0561. The summed E-state index contributed by atoms with van der Waals surface area (Å²) in [4.78, 5) is 28.5. The second-order valence-corrected chi connectivity index (χ2v) is 6.53. The van der Waals surface area contributed by atoms with Crippen molar-refractivity contribution in [3.05, 3.63) is 28.8 Å². The molecule has 132 valence electrons. The van der Waals surface area contributed by atoms with Gasteiger partial charge < -0.3 is 15.1 Å². The highest BCUT2D eigenvalue weighted by atomic mass is 35.5. The lowest BCUT2D eigenvalue weighted by atomic mass is 9.96. The largest absolute Gasteiger partial charge is 0.326 e. The van der Waals surface area contributed by atoms with Crippen molar-refractivity contribution in [2.75, 3.05) is 31.5 Å². The number of hydrogen-bond acceptors (Lipinski definition) is 2. The molecule has 1 aliphatic heterocycles. The first-order valence-corrected chi connectivity index (χ1v) is 8.95. The summed E-state index contributed by atoms with van der Waals surface area (Å²) in [6.45, 7) is 8.53. The molecule has 0 spiro atoms. The summed E-state index contributed by atoms with van der Waals surface area (Å²) < 4.78 is 0. The molecule has 0 aromatic heterocycles. The van der Waals surface area contributed by atoms with Crippen molar-refractivity contribution in [2.24, 2.45) is 5.92 Å². The Morgan fingerprint density at radius 3 is 2.46 bits per heavy atom. The lowest BCUT2D eigenvalue weighted by Gasteiger charge is -2.34. The summed E-state index contributed by atoms with van der Waals surface area (Å²) in [7, 11) is 0. The number of piperidine rings is 1. The molecule has 2 rings (SSSR count). The fraction of sp³-hybridized carbons (Fsp3) is 0.556. The molecular formula is C18H26ClN3O2. The van der Waals surface area contributed by atoms with Crippen LogP contribution in [0.5, 0.6) is 0 Å². The molecule has 1 fully saturated rings. The highest BCUT2D eigenvalue weighted by molar-refractivity contribution is 6.31. The molecule has 6 heteroatoms. The number of anilines is 1. The van der Waals surface area contributed by atoms with Gasteiger partial charge in [-0.15, -0.1) is 0 Å². The Balaban J connectivity index is 1.91. The Hall–Kier alpha value is -1.75. The molecule has 0 radical (unpaired) electrons. The minimum atomic E-state index is -0.0656. The molecule has 1 N–H and O–H groups in total. The quantitative estimate of drug-likeness (QED) is 0.897. The van der Waals surface area contributed by atoms with Gasteiger partial charge in [-0.3, -0.25) is 4.79 Å². The first-order chi connectivity index (χ1) is 11.5. The lowest BCUT2D eigenvalue weighted by molar-refractivity contribution is -0.121. The van der Waals surface area contributed by atoms with E-state index in [1.807, 2.05) is 48.8 Å². The molecule has 0 atom stereocenters. The standard InChI is InChI=1S/C18H26ClN3O2/c1-4-21(5-2)18(24)22-11-9-14(10-12-22)17(23)20-16-8-6-7-15(19)13(16)3/h6-8,14H,4-5,9-12H2,1-3H3,(H,20,23). The van der Waals surface area contributed by atoms with Gasteiger partial charge in [-0.25, -0.2) is 4.79 Å². The van der Waals surface area contributed by atoms with Crippen molar-refractivity contribution in [3.63, 3.8) is 0 Å². The second-order valence-electron chi connectivity index (χ2n) is 6.12. The number of halogens is 1. The van der Waals surface area contributed by atoms with Crippen LogP contribution in [0.25, 0.3) is 0 Å². The van der Waals surface area contributed by atoms with Crippen LogP contribution in [0.3, 0.4) is 0 Å². The highest BCUT2D eigenvalue weighted by Crippen LogP contribution is 2.25. The van der Waals surface area contributed by atoms with E-state index < -0.39 is 0 Å². The van der Waals surface area contributed by atoms with Gasteiger partial charge in [-0.05, 0) is 51.3 Å². The van der Waals surface area contributed by atoms with E-state index in [9.17, 15) is 9.59 Å². The van der Waals surface area contributed by atoms with Crippen LogP contribution < -0.4 is 5.32 Å². The van der Waals surface area contributed by atoms with Gasteiger partial charge in [0.05, 0.1) is 0 Å². The summed E-state index contributed by atoms with van der Waals surface area (Å²) in [6.07, 6.45) is 1.39. The molecule has 5 nitrogen and oxygen atoms in total. The van der Waals surface area contributed by atoms with Gasteiger partial charge in [0.2, 0.25) is 5.91 Å². The zero-order valence-corrected chi connectivity index (χ0v) is 15.4. The normalized spacial score (nSPS) is 15.2. The van der Waals surface area contributed by atoms with Gasteiger partial charge in [0.25, 0.3) is 0 Å². The Bertz CT molecular complexity index is 594. The van der Waals surface area contributed by atoms with Crippen molar-refractivity contribution < 1.29 is 9.59 Å². The van der Waals surface area contributed by atoms with E-state index in [0.717, 1.165) is 11.3 Å². The van der Waals surface area contributed by atoms with E-state index in [0.29, 0.717) is 44.0 Å². The minimum absolute atomic E-state index is 0.00954. The minimum Gasteiger partial charge on any atom is -0.326 e. The number of amides is 3. The SMILES string of the molecule is CCN(CC)C(=O)N1CCC(C(=O)Nc2cccc(Cl)c2C)CC1. The maximum atomic E-state index is 12.5. The van der Waals surface area contributed by atoms with E-state index in [4.69, 9.17) is 11.6 Å². The number of benzene rings is 1. The van der Waals surface area contributed by atoms with E-state index in [1.54, 1.807) is 0 Å². The zero-order valence-electron chi connectivity index (χ0n) is 14.6. The summed E-state index contributed by atoms with van der Waals surface area (Å²) in [6, 6.07) is 5.57. The predicted octanol–water partition coefficient (Wildman–Crippen LogP) is 3.76. The molecule has 1 aliphatic rings. The van der Waals surface area contributed by atoms with Crippen LogP contribution >= 0.6 is 11.6 Å². The molecule has 0 bridgehead atoms. The van der Waals surface area contributed by atoms with Gasteiger partial charge in [0.1, 0.15) is 0 Å². The maximum absolute atomic E-state index is 12.5. The van der Waals surface area contributed by atoms with Crippen molar-refractivity contribution in [3.8, 4) is 0 Å². The number of carbonyl (C=O) groups excluding carboxylic acids is 2. The van der Waals surface area contributed by atoms with Crippen molar-refractivity contribution >= 4 is 29.2 Å². The summed E-state index contributed by atoms with van der Waals surface area (Å²) in [5.41, 5.74) is 1.64. The molecule has 3 amide bonds. The Morgan fingerprint density at radius 1 is 1.25 bits per heavy atom. The molecule has 24 heavy (non-hydrogen) atoms. The Labute approximate surface area is 149 Å². The third-order valence-electron chi connectivity index (χ3n) is 4.70. The number of carbonyl (C=O) groups is 2. The molecule has 1 aromatic carbocycles. The molecule has 0 unspecified atom stereocenters. The molecule has 1 saturated heterocycles. The zero-order chi connectivity index (χ0) is 17.7. The Kier molecular flexibility index (Phi) is 6.49. The first-order valence-electron chi connectivity index (χ1n) is 8.57. The smallest absolute Gasteiger partial charge is 0.319 e. The monoisotopic (exact) mass is 351 g/mol. The van der Waals surface area contributed by atoms with Crippen LogP contribution in [0.1, 0.15) is 32.3 Å². The van der Waals surface area contributed by atoms with E-state index in [1.165, 1.54) is 0 Å². The maximum Gasteiger partial charge on any atom is 0.319 e. The van der Waals surface area contributed by atoms with E-state index in [2.05, 4.69) is 5.32 Å². The van der Waals surface area contributed by atoms with E-state index in [-0.39, 0.29) is 17.9 Å². The third kappa shape index (κ3) is 4.20. The number of hydrogen-bond donors (Lipinski definition) is 1. The van der Waals surface area contributed by atoms with Crippen LogP contribution in [-0.2, 0) is 4.79 Å². The van der Waals surface area contributed by atoms with Gasteiger partial charge in [-0.2, -0.15) is 0 Å². The van der Waals surface area contributed by atoms with Crippen molar-refractivity contribution in [1.29, 1.82) is 0 Å². The average molecular weight is 352 g/mol. The fourth-order valence-electron chi connectivity index (χ4n) is 3.00. The molecular weight excluding hydrogens is 326 g/mol. The lowest BCUT2D eigenvalue weighted by Crippen LogP contribution is -2.47. The number of nitrogens with zero attached hydrogens (tertiary/aromatic N) is 2. The van der Waals surface area contributed by atoms with Crippen LogP contribution in [0, 0.1) is 12.8 Å². The summed E-state index contributed by atoms with van der Waals surface area (Å²) >= 11 is 6.09. The van der Waals surface area contributed by atoms with Crippen LogP contribution in [0.4, 0.5) is 10.5 Å². The van der Waals surface area contributed by atoms with E-state index >= 15 is 0 Å². The first kappa shape index (κ1) is 18.6. The van der Waals surface area contributed by atoms with Gasteiger partial charge in [0, 0.05) is 42.8 Å². The fourth-order valence-corrected chi connectivity index (χ4v) is 3.18. The molecule has 1 aromatic rings. The Morgan fingerprint density at radius 2 is 1.88 bits per heavy atom. The van der Waals surface area contributed by atoms with Gasteiger partial charge in [-0.1, -0.05) is 17.7 Å². The van der Waals surface area contributed by atoms with Gasteiger partial charge in [0.15, 0.2) is 0 Å². The van der Waals surface area contributed by atoms with Crippen LogP contribution in [0.2, 0.25) is 5.02 Å². The number of urea groups is 1. The topological polar surface area (TPSA) is 52.7 Å². The predicted molar refractivity (Wildman–Crippen MR) is 97.4 cm³/mol. The van der Waals surface area contributed by atoms with Crippen molar-refractivity contribution in [2.45, 2.75) is 33.6 Å². The van der Waals surface area contributed by atoms with Gasteiger partial charge >= 0.3 is 6.03 Å². The molecule has 0 saturated carbocycles. The third-order valence-corrected chi connectivity index (χ3v) is 5.11. The molecule has 0 aliphatic carbocycles. The number of rotatable bonds is 4. The number of nitrogens with one attached hydrogen (secondary N) is 1. The van der Waals surface area contributed by atoms with Crippen LogP contribution in [-0.4, -0.2) is 47.9 Å². The van der Waals surface area contributed by atoms with Crippen molar-refractivity contribution in [1.82, 2.24) is 9.80 Å². The molecule has 1 heterocycles. The second kappa shape index (κ2) is 8.38. The highest BCUT2D eigenvalue weighted by Gasteiger charge is 2.29.